The molecule has 3 heteroatoms. The van der Waals surface area contributed by atoms with E-state index in [1.165, 1.54) is 16.7 Å². The van der Waals surface area contributed by atoms with E-state index in [0.29, 0.717) is 30.1 Å². The number of aromatic hydroxyl groups is 1. The molecule has 3 nitrogen and oxygen atoms in total. The Kier molecular flexibility index (Phi) is 8.75. The fraction of sp³-hybridized carbons (Fsp3) is 0.379. The van der Waals surface area contributed by atoms with Crippen LogP contribution in [0.1, 0.15) is 75.0 Å². The first-order chi connectivity index (χ1) is 15.5. The van der Waals surface area contributed by atoms with Crippen LogP contribution in [0.2, 0.25) is 0 Å². The molecule has 170 valence electrons. The molecule has 3 aromatic rings. The number of rotatable bonds is 11. The van der Waals surface area contributed by atoms with Crippen molar-refractivity contribution in [1.82, 2.24) is 0 Å². The van der Waals surface area contributed by atoms with Gasteiger partial charge in [0.15, 0.2) is 6.29 Å². The highest BCUT2D eigenvalue weighted by molar-refractivity contribution is 5.31. The molecule has 0 aliphatic carbocycles. The van der Waals surface area contributed by atoms with Gasteiger partial charge in [0.25, 0.3) is 0 Å². The monoisotopic (exact) mass is 432 g/mol. The van der Waals surface area contributed by atoms with Crippen LogP contribution in [0.25, 0.3) is 0 Å². The van der Waals surface area contributed by atoms with Gasteiger partial charge in [-0.1, -0.05) is 68.4 Å². The minimum Gasteiger partial charge on any atom is -0.508 e. The zero-order valence-electron chi connectivity index (χ0n) is 19.7. The Bertz CT molecular complexity index is 919. The smallest absolute Gasteiger partial charge is 0.196 e. The first-order valence-electron chi connectivity index (χ1n) is 11.7. The summed E-state index contributed by atoms with van der Waals surface area (Å²) >= 11 is 0. The van der Waals surface area contributed by atoms with Crippen molar-refractivity contribution in [1.29, 1.82) is 0 Å². The van der Waals surface area contributed by atoms with Gasteiger partial charge < -0.3 is 14.6 Å². The molecular formula is C29H36O3. The van der Waals surface area contributed by atoms with E-state index in [0.717, 1.165) is 18.6 Å². The lowest BCUT2D eigenvalue weighted by molar-refractivity contribution is -0.0613. The van der Waals surface area contributed by atoms with E-state index in [1.54, 1.807) is 12.1 Å². The summed E-state index contributed by atoms with van der Waals surface area (Å²) in [6, 6.07) is 26.9. The van der Waals surface area contributed by atoms with Gasteiger partial charge in [-0.2, -0.15) is 0 Å². The lowest BCUT2D eigenvalue weighted by Crippen LogP contribution is -2.15. The number of phenols is 1. The largest absolute Gasteiger partial charge is 0.508 e. The van der Waals surface area contributed by atoms with Crippen molar-refractivity contribution in [2.45, 2.75) is 64.6 Å². The van der Waals surface area contributed by atoms with Crippen molar-refractivity contribution in [2.75, 3.05) is 6.61 Å². The van der Waals surface area contributed by atoms with Crippen molar-refractivity contribution in [3.63, 3.8) is 0 Å². The molecule has 4 atom stereocenters. The minimum absolute atomic E-state index is 0.243. The molecule has 0 saturated carbocycles. The average Bonchev–Trinajstić information content (AvgIpc) is 2.80. The first kappa shape index (κ1) is 23.9. The molecule has 0 amide bonds. The van der Waals surface area contributed by atoms with Gasteiger partial charge in [-0.3, -0.25) is 0 Å². The van der Waals surface area contributed by atoms with Crippen LogP contribution in [0.15, 0.2) is 78.9 Å². The molecule has 4 unspecified atom stereocenters. The second kappa shape index (κ2) is 11.7. The van der Waals surface area contributed by atoms with Crippen molar-refractivity contribution in [3.05, 3.63) is 95.6 Å². The Balaban J connectivity index is 1.71. The van der Waals surface area contributed by atoms with Crippen molar-refractivity contribution in [2.24, 2.45) is 0 Å². The summed E-state index contributed by atoms with van der Waals surface area (Å²) in [6.45, 7) is 9.11. The SMILES string of the molecule is CCOC(C)Oc1ccc(C(C)CC(CC(C)c2ccc(O)cc2)c2ccccc2)cc1. The maximum absolute atomic E-state index is 9.62. The second-order valence-electron chi connectivity index (χ2n) is 8.68. The van der Waals surface area contributed by atoms with Gasteiger partial charge in [-0.25, -0.2) is 0 Å². The predicted octanol–water partition coefficient (Wildman–Crippen LogP) is 7.62. The highest BCUT2D eigenvalue weighted by Crippen LogP contribution is 2.37. The number of phenolic OH excluding ortho intramolecular Hbond substituents is 1. The summed E-state index contributed by atoms with van der Waals surface area (Å²) < 4.78 is 11.3. The molecule has 0 aromatic heterocycles. The molecule has 0 aliphatic heterocycles. The minimum atomic E-state index is -0.243. The molecule has 0 saturated heterocycles. The second-order valence-corrected chi connectivity index (χ2v) is 8.68. The third-order valence-corrected chi connectivity index (χ3v) is 6.16. The van der Waals surface area contributed by atoms with E-state index in [4.69, 9.17) is 9.47 Å². The van der Waals surface area contributed by atoms with Crippen LogP contribution in [-0.4, -0.2) is 18.0 Å². The standard InChI is InChI=1S/C29H36O3/c1-5-31-23(4)32-29-17-13-25(14-18-29)22(3)20-27(26-9-7-6-8-10-26)19-21(2)24-11-15-28(30)16-12-24/h6-18,21-23,27,30H,5,19-20H2,1-4H3. The highest BCUT2D eigenvalue weighted by atomic mass is 16.7. The number of hydrogen-bond acceptors (Lipinski definition) is 3. The summed E-state index contributed by atoms with van der Waals surface area (Å²) in [5.41, 5.74) is 3.97. The molecule has 0 radical (unpaired) electrons. The molecule has 3 aromatic carbocycles. The lowest BCUT2D eigenvalue weighted by Gasteiger charge is -2.25. The Morgan fingerprint density at radius 1 is 0.688 bits per heavy atom. The van der Waals surface area contributed by atoms with E-state index >= 15 is 0 Å². The van der Waals surface area contributed by atoms with E-state index in [9.17, 15) is 5.11 Å². The van der Waals surface area contributed by atoms with Crippen LogP contribution in [0.3, 0.4) is 0 Å². The van der Waals surface area contributed by atoms with Crippen LogP contribution in [0.4, 0.5) is 0 Å². The fourth-order valence-corrected chi connectivity index (χ4v) is 4.36. The van der Waals surface area contributed by atoms with Crippen LogP contribution in [0, 0.1) is 0 Å². The third kappa shape index (κ3) is 6.86. The topological polar surface area (TPSA) is 38.7 Å². The van der Waals surface area contributed by atoms with Gasteiger partial charge >= 0.3 is 0 Å². The average molecular weight is 433 g/mol. The van der Waals surface area contributed by atoms with Gasteiger partial charge in [0.1, 0.15) is 11.5 Å². The quantitative estimate of drug-likeness (QED) is 0.317. The zero-order chi connectivity index (χ0) is 22.9. The van der Waals surface area contributed by atoms with Crippen molar-refractivity contribution >= 4 is 0 Å². The van der Waals surface area contributed by atoms with Gasteiger partial charge in [0, 0.05) is 6.61 Å². The van der Waals surface area contributed by atoms with Crippen molar-refractivity contribution in [3.8, 4) is 11.5 Å². The summed E-state index contributed by atoms with van der Waals surface area (Å²) in [6.07, 6.45) is 1.89. The maximum atomic E-state index is 9.62. The normalized spacial score (nSPS) is 15.0. The molecule has 0 bridgehead atoms. The lowest BCUT2D eigenvalue weighted by atomic mass is 9.79. The van der Waals surface area contributed by atoms with Crippen molar-refractivity contribution < 1.29 is 14.6 Å². The van der Waals surface area contributed by atoms with Crippen LogP contribution < -0.4 is 4.74 Å². The van der Waals surface area contributed by atoms with Gasteiger partial charge in [0.05, 0.1) is 0 Å². The summed E-state index contributed by atoms with van der Waals surface area (Å²) in [5.74, 6) is 2.43. The van der Waals surface area contributed by atoms with Gasteiger partial charge in [0.2, 0.25) is 0 Å². The van der Waals surface area contributed by atoms with E-state index in [-0.39, 0.29) is 6.29 Å². The Morgan fingerprint density at radius 3 is 1.75 bits per heavy atom. The maximum Gasteiger partial charge on any atom is 0.196 e. The third-order valence-electron chi connectivity index (χ3n) is 6.16. The molecule has 0 fully saturated rings. The Hall–Kier alpha value is -2.78. The van der Waals surface area contributed by atoms with Crippen LogP contribution in [0.5, 0.6) is 11.5 Å². The molecule has 0 aliphatic rings. The van der Waals surface area contributed by atoms with E-state index < -0.39 is 0 Å². The van der Waals surface area contributed by atoms with E-state index in [2.05, 4.69) is 56.3 Å². The molecule has 32 heavy (non-hydrogen) atoms. The Labute approximate surface area is 193 Å². The Morgan fingerprint density at radius 2 is 1.22 bits per heavy atom. The van der Waals surface area contributed by atoms with Gasteiger partial charge in [-0.15, -0.1) is 0 Å². The molecule has 3 rings (SSSR count). The first-order valence-corrected chi connectivity index (χ1v) is 11.7. The summed E-state index contributed by atoms with van der Waals surface area (Å²) in [4.78, 5) is 0. The molecular weight excluding hydrogens is 396 g/mol. The molecule has 0 heterocycles. The molecule has 0 spiro atoms. The van der Waals surface area contributed by atoms with Gasteiger partial charge in [-0.05, 0) is 85.4 Å². The van der Waals surface area contributed by atoms with E-state index in [1.807, 2.05) is 38.1 Å². The molecule has 1 N–H and O–H groups in total. The highest BCUT2D eigenvalue weighted by Gasteiger charge is 2.20. The summed E-state index contributed by atoms with van der Waals surface area (Å²) in [7, 11) is 0. The van der Waals surface area contributed by atoms with Crippen LogP contribution >= 0.6 is 0 Å². The number of ether oxygens (including phenoxy) is 2. The fourth-order valence-electron chi connectivity index (χ4n) is 4.36. The summed E-state index contributed by atoms with van der Waals surface area (Å²) in [5, 5.41) is 9.62. The predicted molar refractivity (Wildman–Crippen MR) is 132 cm³/mol. The zero-order valence-corrected chi connectivity index (χ0v) is 19.7. The number of benzene rings is 3. The van der Waals surface area contributed by atoms with Crippen LogP contribution in [-0.2, 0) is 4.74 Å². The number of hydrogen-bond donors (Lipinski definition) is 1.